The summed E-state index contributed by atoms with van der Waals surface area (Å²) in [6.07, 6.45) is 3.70. The Labute approximate surface area is 130 Å². The van der Waals surface area contributed by atoms with E-state index < -0.39 is 0 Å². The normalized spacial score (nSPS) is 12.0. The van der Waals surface area contributed by atoms with Crippen molar-refractivity contribution in [2.45, 2.75) is 39.2 Å². The molecule has 0 saturated heterocycles. The van der Waals surface area contributed by atoms with Crippen LogP contribution in [0.3, 0.4) is 0 Å². The fourth-order valence-electron chi connectivity index (χ4n) is 2.44. The van der Waals surface area contributed by atoms with Crippen LogP contribution in [-0.4, -0.2) is 10.9 Å². The summed E-state index contributed by atoms with van der Waals surface area (Å²) in [6.45, 7) is 3.92. The quantitative estimate of drug-likeness (QED) is 0.883. The molecule has 0 fully saturated rings. The van der Waals surface area contributed by atoms with Crippen LogP contribution >= 0.6 is 0 Å². The number of hydrogen-bond donors (Lipinski definition) is 1. The van der Waals surface area contributed by atoms with E-state index in [1.165, 1.54) is 12.1 Å². The van der Waals surface area contributed by atoms with Crippen LogP contribution in [0.25, 0.3) is 0 Å². The fraction of sp³-hybridized carbons (Fsp3) is 0.333. The maximum Gasteiger partial charge on any atom is 0.220 e. The van der Waals surface area contributed by atoms with Crippen molar-refractivity contribution < 1.29 is 9.18 Å². The van der Waals surface area contributed by atoms with Crippen molar-refractivity contribution in [3.63, 3.8) is 0 Å². The van der Waals surface area contributed by atoms with Gasteiger partial charge in [0.15, 0.2) is 0 Å². The molecular weight excluding hydrogens is 279 g/mol. The summed E-state index contributed by atoms with van der Waals surface area (Å²) in [5.74, 6) is -0.222. The van der Waals surface area contributed by atoms with Gasteiger partial charge in [0.1, 0.15) is 5.82 Å². The van der Waals surface area contributed by atoms with E-state index in [1.54, 1.807) is 18.3 Å². The summed E-state index contributed by atoms with van der Waals surface area (Å²) in [4.78, 5) is 16.3. The molecule has 1 aromatic carbocycles. The number of halogens is 1. The lowest BCUT2D eigenvalue weighted by Crippen LogP contribution is -2.27. The molecule has 0 aliphatic carbocycles. The zero-order valence-corrected chi connectivity index (χ0v) is 13.0. The number of aryl methyl sites for hydroxylation is 2. The minimum absolute atomic E-state index is 0.0136. The summed E-state index contributed by atoms with van der Waals surface area (Å²) in [6, 6.07) is 10.2. The highest BCUT2D eigenvalue weighted by Crippen LogP contribution is 2.14. The second-order valence-electron chi connectivity index (χ2n) is 5.47. The van der Waals surface area contributed by atoms with Gasteiger partial charge in [0.2, 0.25) is 5.91 Å². The van der Waals surface area contributed by atoms with Crippen LogP contribution in [0.5, 0.6) is 0 Å². The Morgan fingerprint density at radius 2 is 2.00 bits per heavy atom. The summed E-state index contributed by atoms with van der Waals surface area (Å²) in [5, 5.41) is 2.97. The molecule has 0 radical (unpaired) electrons. The van der Waals surface area contributed by atoms with Gasteiger partial charge in [-0.25, -0.2) is 4.39 Å². The van der Waals surface area contributed by atoms with Gasteiger partial charge in [-0.1, -0.05) is 18.2 Å². The van der Waals surface area contributed by atoms with Crippen LogP contribution in [-0.2, 0) is 11.2 Å². The van der Waals surface area contributed by atoms with Crippen LogP contribution in [0.15, 0.2) is 42.6 Å². The van der Waals surface area contributed by atoms with Crippen LogP contribution in [0.2, 0.25) is 0 Å². The molecule has 1 atom stereocenters. The van der Waals surface area contributed by atoms with Gasteiger partial charge in [0.05, 0.1) is 11.7 Å². The first-order valence-corrected chi connectivity index (χ1v) is 7.51. The minimum Gasteiger partial charge on any atom is -0.348 e. The molecule has 1 unspecified atom stereocenters. The second kappa shape index (κ2) is 7.69. The Balaban J connectivity index is 1.78. The standard InChI is InChI=1S/C18H21FN2O/c1-13-5-4-12-20-18(13)14(2)21-17(22)7-3-6-15-8-10-16(19)11-9-15/h4-5,8-12,14H,3,6-7H2,1-2H3,(H,21,22). The number of pyridine rings is 1. The Morgan fingerprint density at radius 1 is 1.27 bits per heavy atom. The predicted molar refractivity (Wildman–Crippen MR) is 84.9 cm³/mol. The van der Waals surface area contributed by atoms with Gasteiger partial charge in [-0.2, -0.15) is 0 Å². The average molecular weight is 300 g/mol. The van der Waals surface area contributed by atoms with Gasteiger partial charge in [-0.05, 0) is 56.0 Å². The number of benzene rings is 1. The van der Waals surface area contributed by atoms with E-state index in [4.69, 9.17) is 0 Å². The van der Waals surface area contributed by atoms with Gasteiger partial charge in [0.25, 0.3) is 0 Å². The van der Waals surface area contributed by atoms with Crippen molar-refractivity contribution in [3.8, 4) is 0 Å². The Morgan fingerprint density at radius 3 is 2.68 bits per heavy atom. The molecule has 0 spiro atoms. The molecule has 2 aromatic rings. The lowest BCUT2D eigenvalue weighted by Gasteiger charge is -2.15. The lowest BCUT2D eigenvalue weighted by molar-refractivity contribution is -0.121. The van der Waals surface area contributed by atoms with Crippen LogP contribution in [0.1, 0.15) is 42.6 Å². The highest BCUT2D eigenvalue weighted by molar-refractivity contribution is 5.76. The monoisotopic (exact) mass is 300 g/mol. The molecule has 1 N–H and O–H groups in total. The number of amides is 1. The van der Waals surface area contributed by atoms with Crippen molar-refractivity contribution in [2.24, 2.45) is 0 Å². The van der Waals surface area contributed by atoms with Crippen LogP contribution in [0.4, 0.5) is 4.39 Å². The third-order valence-electron chi connectivity index (χ3n) is 3.62. The Kier molecular flexibility index (Phi) is 5.64. The number of rotatable bonds is 6. The van der Waals surface area contributed by atoms with Gasteiger partial charge in [0, 0.05) is 12.6 Å². The molecule has 4 heteroatoms. The minimum atomic E-state index is -0.235. The number of carbonyl (C=O) groups excluding carboxylic acids is 1. The molecule has 3 nitrogen and oxygen atoms in total. The third kappa shape index (κ3) is 4.65. The Hall–Kier alpha value is -2.23. The van der Waals surface area contributed by atoms with Crippen molar-refractivity contribution in [2.75, 3.05) is 0 Å². The van der Waals surface area contributed by atoms with E-state index in [-0.39, 0.29) is 17.8 Å². The predicted octanol–water partition coefficient (Wildman–Crippen LogP) is 3.73. The van der Waals surface area contributed by atoms with E-state index in [1.807, 2.05) is 26.0 Å². The topological polar surface area (TPSA) is 42.0 Å². The molecule has 1 heterocycles. The number of nitrogens with zero attached hydrogens (tertiary/aromatic N) is 1. The highest BCUT2D eigenvalue weighted by atomic mass is 19.1. The zero-order valence-electron chi connectivity index (χ0n) is 13.0. The van der Waals surface area contributed by atoms with Gasteiger partial charge >= 0.3 is 0 Å². The highest BCUT2D eigenvalue weighted by Gasteiger charge is 2.12. The van der Waals surface area contributed by atoms with Gasteiger partial charge < -0.3 is 5.32 Å². The summed E-state index contributed by atoms with van der Waals surface area (Å²) in [7, 11) is 0. The first-order chi connectivity index (χ1) is 10.6. The van der Waals surface area contributed by atoms with Crippen molar-refractivity contribution in [1.82, 2.24) is 10.3 Å². The molecule has 22 heavy (non-hydrogen) atoms. The molecule has 0 aliphatic heterocycles. The summed E-state index contributed by atoms with van der Waals surface area (Å²) >= 11 is 0. The van der Waals surface area contributed by atoms with E-state index in [0.717, 1.165) is 29.7 Å². The smallest absolute Gasteiger partial charge is 0.220 e. The molecule has 0 bridgehead atoms. The van der Waals surface area contributed by atoms with E-state index in [0.29, 0.717) is 6.42 Å². The second-order valence-corrected chi connectivity index (χ2v) is 5.47. The maximum atomic E-state index is 12.8. The number of aromatic nitrogens is 1. The number of hydrogen-bond acceptors (Lipinski definition) is 2. The van der Waals surface area contributed by atoms with Gasteiger partial charge in [-0.15, -0.1) is 0 Å². The largest absolute Gasteiger partial charge is 0.348 e. The molecule has 1 amide bonds. The van der Waals surface area contributed by atoms with Crippen molar-refractivity contribution >= 4 is 5.91 Å². The third-order valence-corrected chi connectivity index (χ3v) is 3.62. The Bertz CT molecular complexity index is 625. The lowest BCUT2D eigenvalue weighted by atomic mass is 10.1. The fourth-order valence-corrected chi connectivity index (χ4v) is 2.44. The van der Waals surface area contributed by atoms with E-state index >= 15 is 0 Å². The first-order valence-electron chi connectivity index (χ1n) is 7.51. The molecule has 2 rings (SSSR count). The molecule has 1 aromatic heterocycles. The SMILES string of the molecule is Cc1cccnc1C(C)NC(=O)CCCc1ccc(F)cc1. The average Bonchev–Trinajstić information content (AvgIpc) is 2.49. The van der Waals surface area contributed by atoms with Crippen LogP contribution < -0.4 is 5.32 Å². The van der Waals surface area contributed by atoms with Crippen molar-refractivity contribution in [1.29, 1.82) is 0 Å². The first kappa shape index (κ1) is 16.1. The molecule has 116 valence electrons. The summed E-state index contributed by atoms with van der Waals surface area (Å²) < 4.78 is 12.8. The maximum absolute atomic E-state index is 12.8. The zero-order chi connectivity index (χ0) is 15.9. The molecular formula is C18H21FN2O. The van der Waals surface area contributed by atoms with Gasteiger partial charge in [-0.3, -0.25) is 9.78 Å². The van der Waals surface area contributed by atoms with E-state index in [2.05, 4.69) is 10.3 Å². The van der Waals surface area contributed by atoms with Crippen molar-refractivity contribution in [3.05, 3.63) is 65.2 Å². The number of carbonyl (C=O) groups is 1. The molecule has 0 saturated carbocycles. The van der Waals surface area contributed by atoms with E-state index in [9.17, 15) is 9.18 Å². The molecule has 0 aliphatic rings. The van der Waals surface area contributed by atoms with Crippen LogP contribution in [0, 0.1) is 12.7 Å². The number of nitrogens with one attached hydrogen (secondary N) is 1. The summed E-state index contributed by atoms with van der Waals surface area (Å²) in [5.41, 5.74) is 3.01.